The normalized spacial score (nSPS) is 17.3. The van der Waals surface area contributed by atoms with Crippen molar-refractivity contribution in [3.8, 4) is 23.0 Å². The van der Waals surface area contributed by atoms with Gasteiger partial charge >= 0.3 is 5.97 Å². The molecule has 34 heavy (non-hydrogen) atoms. The van der Waals surface area contributed by atoms with Crippen molar-refractivity contribution in [1.82, 2.24) is 5.32 Å². The lowest BCUT2D eigenvalue weighted by Crippen LogP contribution is -2.37. The molecule has 2 aliphatic rings. The van der Waals surface area contributed by atoms with E-state index in [9.17, 15) is 14.4 Å². The number of fused-ring (bicyclic) bond motifs is 1. The third kappa shape index (κ3) is 4.85. The Morgan fingerprint density at radius 1 is 1.12 bits per heavy atom. The van der Waals surface area contributed by atoms with Crippen LogP contribution in [-0.2, 0) is 25.7 Å². The van der Waals surface area contributed by atoms with E-state index in [2.05, 4.69) is 5.32 Å². The maximum absolute atomic E-state index is 12.7. The van der Waals surface area contributed by atoms with Crippen molar-refractivity contribution in [2.24, 2.45) is 5.92 Å². The highest BCUT2D eigenvalue weighted by atomic mass is 16.7. The molecule has 2 unspecified atom stereocenters. The van der Waals surface area contributed by atoms with Crippen molar-refractivity contribution in [2.75, 3.05) is 32.5 Å². The van der Waals surface area contributed by atoms with Gasteiger partial charge in [0.1, 0.15) is 11.5 Å². The average Bonchev–Trinajstić information content (AvgIpc) is 3.48. The van der Waals surface area contributed by atoms with Gasteiger partial charge in [0.15, 0.2) is 17.6 Å². The molecule has 180 valence electrons. The van der Waals surface area contributed by atoms with Crippen LogP contribution in [0.4, 0.5) is 5.69 Å². The monoisotopic (exact) mass is 470 g/mol. The van der Waals surface area contributed by atoms with Gasteiger partial charge in [0, 0.05) is 25.6 Å². The minimum Gasteiger partial charge on any atom is -0.497 e. The Bertz CT molecular complexity index is 1100. The minimum absolute atomic E-state index is 0.0143. The molecule has 2 aromatic rings. The Hall–Kier alpha value is -3.95. The Balaban J connectivity index is 1.32. The van der Waals surface area contributed by atoms with Gasteiger partial charge in [-0.15, -0.1) is 0 Å². The molecule has 10 nitrogen and oxygen atoms in total. The molecule has 1 N–H and O–H groups in total. The quantitative estimate of drug-likeness (QED) is 0.584. The summed E-state index contributed by atoms with van der Waals surface area (Å²) in [7, 11) is 3.03. The van der Waals surface area contributed by atoms with Gasteiger partial charge in [0.05, 0.1) is 25.8 Å². The van der Waals surface area contributed by atoms with E-state index in [-0.39, 0.29) is 32.2 Å². The van der Waals surface area contributed by atoms with Crippen LogP contribution in [0.3, 0.4) is 0 Å². The fourth-order valence-corrected chi connectivity index (χ4v) is 3.81. The number of nitrogens with one attached hydrogen (secondary N) is 1. The topological polar surface area (TPSA) is 113 Å². The zero-order chi connectivity index (χ0) is 24.2. The molecule has 2 aromatic carbocycles. The molecule has 0 aromatic heterocycles. The first-order valence-electron chi connectivity index (χ1n) is 10.8. The second-order valence-electron chi connectivity index (χ2n) is 7.93. The number of benzene rings is 2. The van der Waals surface area contributed by atoms with Gasteiger partial charge in [-0.3, -0.25) is 14.4 Å². The standard InChI is InChI=1S/C24H26N2O8/c1-14(23(28)25-11-15-4-7-19-21(8-15)33-13-32-19)34-24(29)16-9-22(27)26(12-16)18-6-5-17(30-2)10-20(18)31-3/h4-8,10,14,16H,9,11-13H2,1-3H3,(H,25,28). The van der Waals surface area contributed by atoms with Crippen molar-refractivity contribution in [1.29, 1.82) is 0 Å². The summed E-state index contributed by atoms with van der Waals surface area (Å²) in [5, 5.41) is 2.74. The van der Waals surface area contributed by atoms with Crippen LogP contribution in [0.1, 0.15) is 18.9 Å². The largest absolute Gasteiger partial charge is 0.497 e. The number of methoxy groups -OCH3 is 2. The first-order chi connectivity index (χ1) is 16.4. The smallest absolute Gasteiger partial charge is 0.312 e. The summed E-state index contributed by atoms with van der Waals surface area (Å²) >= 11 is 0. The zero-order valence-corrected chi connectivity index (χ0v) is 19.2. The van der Waals surface area contributed by atoms with Crippen LogP contribution in [0.2, 0.25) is 0 Å². The second kappa shape index (κ2) is 9.90. The second-order valence-corrected chi connectivity index (χ2v) is 7.93. The Kier molecular flexibility index (Phi) is 6.76. The van der Waals surface area contributed by atoms with Crippen LogP contribution < -0.4 is 29.2 Å². The Morgan fingerprint density at radius 2 is 1.91 bits per heavy atom. The number of hydrogen-bond donors (Lipinski definition) is 1. The van der Waals surface area contributed by atoms with Crippen molar-refractivity contribution in [3.05, 3.63) is 42.0 Å². The maximum Gasteiger partial charge on any atom is 0.312 e. The molecule has 2 aliphatic heterocycles. The fourth-order valence-electron chi connectivity index (χ4n) is 3.81. The van der Waals surface area contributed by atoms with Crippen molar-refractivity contribution < 1.29 is 38.1 Å². The van der Waals surface area contributed by atoms with Crippen LogP contribution in [0.25, 0.3) is 0 Å². The van der Waals surface area contributed by atoms with Gasteiger partial charge in [0.2, 0.25) is 12.7 Å². The lowest BCUT2D eigenvalue weighted by atomic mass is 10.1. The highest BCUT2D eigenvalue weighted by Crippen LogP contribution is 2.36. The van der Waals surface area contributed by atoms with Crippen molar-refractivity contribution >= 4 is 23.5 Å². The Morgan fingerprint density at radius 3 is 2.68 bits per heavy atom. The van der Waals surface area contributed by atoms with Crippen LogP contribution >= 0.6 is 0 Å². The summed E-state index contributed by atoms with van der Waals surface area (Å²) in [6, 6.07) is 10.5. The van der Waals surface area contributed by atoms with E-state index in [1.807, 2.05) is 6.07 Å². The van der Waals surface area contributed by atoms with E-state index in [1.54, 1.807) is 30.3 Å². The van der Waals surface area contributed by atoms with E-state index in [0.717, 1.165) is 5.56 Å². The summed E-state index contributed by atoms with van der Waals surface area (Å²) in [6.45, 7) is 2.04. The molecule has 2 heterocycles. The summed E-state index contributed by atoms with van der Waals surface area (Å²) in [5.74, 6) is 0.355. The third-order valence-corrected chi connectivity index (χ3v) is 5.70. The fraction of sp³-hybridized carbons (Fsp3) is 0.375. The van der Waals surface area contributed by atoms with E-state index < -0.39 is 23.9 Å². The first kappa shape index (κ1) is 23.2. The van der Waals surface area contributed by atoms with Gasteiger partial charge < -0.3 is 33.9 Å². The number of carbonyl (C=O) groups is 3. The lowest BCUT2D eigenvalue weighted by molar-refractivity contribution is -0.158. The first-order valence-corrected chi connectivity index (χ1v) is 10.8. The molecule has 1 fully saturated rings. The number of anilines is 1. The number of hydrogen-bond acceptors (Lipinski definition) is 8. The molecule has 0 bridgehead atoms. The van der Waals surface area contributed by atoms with E-state index >= 15 is 0 Å². The van der Waals surface area contributed by atoms with E-state index in [4.69, 9.17) is 23.7 Å². The van der Waals surface area contributed by atoms with E-state index in [0.29, 0.717) is 28.7 Å². The predicted molar refractivity (Wildman–Crippen MR) is 120 cm³/mol. The maximum atomic E-state index is 12.7. The highest BCUT2D eigenvalue weighted by Gasteiger charge is 2.38. The number of amides is 2. The molecule has 10 heteroatoms. The van der Waals surface area contributed by atoms with E-state index in [1.165, 1.54) is 26.0 Å². The number of esters is 1. The highest BCUT2D eigenvalue weighted by molar-refractivity contribution is 6.01. The number of nitrogens with zero attached hydrogens (tertiary/aromatic N) is 1. The van der Waals surface area contributed by atoms with Gasteiger partial charge in [-0.25, -0.2) is 0 Å². The van der Waals surface area contributed by atoms with Gasteiger partial charge in [0.25, 0.3) is 5.91 Å². The molecule has 4 rings (SSSR count). The van der Waals surface area contributed by atoms with Crippen LogP contribution in [0.5, 0.6) is 23.0 Å². The third-order valence-electron chi connectivity index (χ3n) is 5.70. The van der Waals surface area contributed by atoms with Crippen LogP contribution in [0.15, 0.2) is 36.4 Å². The molecule has 0 saturated carbocycles. The van der Waals surface area contributed by atoms with Crippen molar-refractivity contribution in [3.63, 3.8) is 0 Å². The number of carbonyl (C=O) groups excluding carboxylic acids is 3. The molecule has 0 radical (unpaired) electrons. The van der Waals surface area contributed by atoms with Crippen LogP contribution in [-0.4, -0.2) is 51.4 Å². The summed E-state index contributed by atoms with van der Waals surface area (Å²) in [6.07, 6.45) is -1.03. The van der Waals surface area contributed by atoms with Crippen LogP contribution in [0, 0.1) is 5.92 Å². The zero-order valence-electron chi connectivity index (χ0n) is 19.2. The average molecular weight is 470 g/mol. The molecule has 2 atom stereocenters. The molecular formula is C24H26N2O8. The predicted octanol–water partition coefficient (Wildman–Crippen LogP) is 2.03. The molecule has 0 aliphatic carbocycles. The van der Waals surface area contributed by atoms with Gasteiger partial charge in [-0.05, 0) is 36.8 Å². The summed E-state index contributed by atoms with van der Waals surface area (Å²) in [4.78, 5) is 39.2. The molecule has 2 amide bonds. The van der Waals surface area contributed by atoms with Gasteiger partial charge in [-0.2, -0.15) is 0 Å². The lowest BCUT2D eigenvalue weighted by Gasteiger charge is -2.20. The molecule has 0 spiro atoms. The number of rotatable bonds is 8. The minimum atomic E-state index is -1.01. The Labute approximate surface area is 196 Å². The molecule has 1 saturated heterocycles. The SMILES string of the molecule is COc1ccc(N2CC(C(=O)OC(C)C(=O)NCc3ccc4c(c3)OCO4)CC2=O)c(OC)c1. The summed E-state index contributed by atoms with van der Waals surface area (Å²) < 4.78 is 26.5. The summed E-state index contributed by atoms with van der Waals surface area (Å²) in [5.41, 5.74) is 1.36. The van der Waals surface area contributed by atoms with Gasteiger partial charge in [-0.1, -0.05) is 6.07 Å². The molecular weight excluding hydrogens is 444 g/mol. The van der Waals surface area contributed by atoms with Crippen molar-refractivity contribution in [2.45, 2.75) is 26.0 Å². The number of ether oxygens (including phenoxy) is 5.